The fourth-order valence-electron chi connectivity index (χ4n) is 3.89. The van der Waals surface area contributed by atoms with Crippen molar-refractivity contribution < 1.29 is 14.0 Å². The highest BCUT2D eigenvalue weighted by Crippen LogP contribution is 2.39. The number of ether oxygens (including phenoxy) is 1. The van der Waals surface area contributed by atoms with Crippen molar-refractivity contribution >= 4 is 14.3 Å². The molecule has 0 radical (unpaired) electrons. The molecule has 0 heterocycles. The van der Waals surface area contributed by atoms with Crippen molar-refractivity contribution in [3.63, 3.8) is 0 Å². The second-order valence-corrected chi connectivity index (χ2v) is 14.9. The summed E-state index contributed by atoms with van der Waals surface area (Å²) in [4.78, 5) is 13.1. The van der Waals surface area contributed by atoms with Crippen LogP contribution in [-0.2, 0) is 19.5 Å². The molecule has 1 N–H and O–H groups in total. The molecule has 3 rings (SSSR count). The van der Waals surface area contributed by atoms with Crippen LogP contribution in [-0.4, -0.2) is 34.0 Å². The van der Waals surface area contributed by atoms with Gasteiger partial charge in [-0.15, -0.1) is 0 Å². The van der Waals surface area contributed by atoms with Gasteiger partial charge in [-0.2, -0.15) is 0 Å². The van der Waals surface area contributed by atoms with Gasteiger partial charge in [-0.05, 0) is 34.8 Å². The van der Waals surface area contributed by atoms with Crippen molar-refractivity contribution in [2.24, 2.45) is 0 Å². The third-order valence-corrected chi connectivity index (χ3v) is 11.4. The highest BCUT2D eigenvalue weighted by atomic mass is 28.4. The lowest BCUT2D eigenvalue weighted by atomic mass is 9.76. The van der Waals surface area contributed by atoms with E-state index in [0.29, 0.717) is 0 Å². The van der Waals surface area contributed by atoms with Gasteiger partial charge in [0.15, 0.2) is 8.32 Å². The summed E-state index contributed by atoms with van der Waals surface area (Å²) in [5, 5.41) is 3.74. The summed E-state index contributed by atoms with van der Waals surface area (Å²) in [7, 11) is -0.658. The highest BCUT2D eigenvalue weighted by Gasteiger charge is 2.42. The van der Waals surface area contributed by atoms with E-state index < -0.39 is 19.9 Å². The van der Waals surface area contributed by atoms with Gasteiger partial charge in [0, 0.05) is 0 Å². The first kappa shape index (κ1) is 25.9. The summed E-state index contributed by atoms with van der Waals surface area (Å²) >= 11 is 0. The molecule has 1 atom stereocenters. The molecule has 5 heteroatoms. The zero-order chi connectivity index (χ0) is 24.8. The summed E-state index contributed by atoms with van der Waals surface area (Å²) in [5.74, 6) is -0.342. The quantitative estimate of drug-likeness (QED) is 0.230. The lowest BCUT2D eigenvalue weighted by molar-refractivity contribution is -0.144. The Labute approximate surface area is 205 Å². The topological polar surface area (TPSA) is 47.6 Å². The Bertz CT molecular complexity index is 950. The molecule has 0 amide bonds. The molecule has 0 aliphatic carbocycles. The second-order valence-electron chi connectivity index (χ2n) is 10.1. The van der Waals surface area contributed by atoms with Gasteiger partial charge in [0.1, 0.15) is 6.04 Å². The number of carbonyl (C=O) groups is 1. The predicted octanol–water partition coefficient (Wildman–Crippen LogP) is 6.13. The standard InChI is InChI=1S/C29H37NO3Si/c1-28(2,3)34(5,6)33-22-26(27(31)32-4)30-29(23-16-10-7-11-17-23,24-18-12-8-13-19-24)25-20-14-9-15-21-25/h7-21,26,30H,22H2,1-6H3. The van der Waals surface area contributed by atoms with Gasteiger partial charge < -0.3 is 9.16 Å². The number of esters is 1. The molecular formula is C29H37NO3Si. The van der Waals surface area contributed by atoms with Crippen LogP contribution in [0, 0.1) is 0 Å². The molecular weight excluding hydrogens is 438 g/mol. The zero-order valence-electron chi connectivity index (χ0n) is 21.2. The van der Waals surface area contributed by atoms with E-state index in [-0.39, 0.29) is 17.6 Å². The number of carbonyl (C=O) groups excluding carboxylic acids is 1. The van der Waals surface area contributed by atoms with Crippen molar-refractivity contribution in [3.05, 3.63) is 108 Å². The minimum Gasteiger partial charge on any atom is -0.468 e. The van der Waals surface area contributed by atoms with E-state index in [4.69, 9.17) is 9.16 Å². The summed E-state index contributed by atoms with van der Waals surface area (Å²) in [6, 6.07) is 30.0. The van der Waals surface area contributed by atoms with E-state index in [1.165, 1.54) is 7.11 Å². The SMILES string of the molecule is COC(=O)C(CO[Si](C)(C)C(C)(C)C)NC(c1ccccc1)(c1ccccc1)c1ccccc1. The van der Waals surface area contributed by atoms with Crippen LogP contribution in [0.4, 0.5) is 0 Å². The van der Waals surface area contributed by atoms with Crippen molar-refractivity contribution in [2.45, 2.75) is 50.5 Å². The molecule has 1 unspecified atom stereocenters. The van der Waals surface area contributed by atoms with E-state index in [2.05, 4.69) is 75.6 Å². The Morgan fingerprint density at radius 3 is 1.50 bits per heavy atom. The largest absolute Gasteiger partial charge is 0.468 e. The first-order valence-electron chi connectivity index (χ1n) is 11.8. The Morgan fingerprint density at radius 2 is 1.18 bits per heavy atom. The smallest absolute Gasteiger partial charge is 0.325 e. The van der Waals surface area contributed by atoms with Crippen LogP contribution >= 0.6 is 0 Å². The first-order valence-corrected chi connectivity index (χ1v) is 14.7. The Balaban J connectivity index is 2.16. The van der Waals surface area contributed by atoms with Crippen LogP contribution in [0.2, 0.25) is 18.1 Å². The maximum absolute atomic E-state index is 13.1. The van der Waals surface area contributed by atoms with Gasteiger partial charge in [-0.25, -0.2) is 0 Å². The maximum atomic E-state index is 13.1. The molecule has 0 bridgehead atoms. The minimum absolute atomic E-state index is 0.0308. The Hall–Kier alpha value is -2.73. The fraction of sp³-hybridized carbons (Fsp3) is 0.345. The molecule has 0 fully saturated rings. The second kappa shape index (κ2) is 10.7. The number of hydrogen-bond acceptors (Lipinski definition) is 4. The van der Waals surface area contributed by atoms with E-state index >= 15 is 0 Å². The molecule has 0 aliphatic rings. The summed E-state index contributed by atoms with van der Waals surface area (Å²) in [6.45, 7) is 11.2. The zero-order valence-corrected chi connectivity index (χ0v) is 22.2. The van der Waals surface area contributed by atoms with E-state index in [0.717, 1.165) is 16.7 Å². The molecule has 0 saturated heterocycles. The van der Waals surface area contributed by atoms with Crippen molar-refractivity contribution in [1.82, 2.24) is 5.32 Å². The van der Waals surface area contributed by atoms with Crippen LogP contribution in [0.3, 0.4) is 0 Å². The van der Waals surface area contributed by atoms with Crippen LogP contribution in [0.1, 0.15) is 37.5 Å². The van der Waals surface area contributed by atoms with Crippen molar-refractivity contribution in [3.8, 4) is 0 Å². The molecule has 0 aromatic heterocycles. The van der Waals surface area contributed by atoms with E-state index in [1.807, 2.05) is 54.6 Å². The summed E-state index contributed by atoms with van der Waals surface area (Å²) in [5.41, 5.74) is 2.33. The molecule has 0 saturated carbocycles. The molecule has 3 aromatic carbocycles. The molecule has 4 nitrogen and oxygen atoms in total. The third-order valence-electron chi connectivity index (χ3n) is 6.91. The molecule has 180 valence electrons. The monoisotopic (exact) mass is 475 g/mol. The van der Waals surface area contributed by atoms with Gasteiger partial charge >= 0.3 is 5.97 Å². The predicted molar refractivity (Wildman–Crippen MR) is 141 cm³/mol. The van der Waals surface area contributed by atoms with Gasteiger partial charge in [-0.1, -0.05) is 112 Å². The number of rotatable bonds is 9. The van der Waals surface area contributed by atoms with Gasteiger partial charge in [-0.3, -0.25) is 10.1 Å². The van der Waals surface area contributed by atoms with E-state index in [9.17, 15) is 4.79 Å². The molecule has 0 aliphatic heterocycles. The lowest BCUT2D eigenvalue weighted by Gasteiger charge is -2.41. The Kier molecular flexibility index (Phi) is 8.13. The van der Waals surface area contributed by atoms with Gasteiger partial charge in [0.2, 0.25) is 0 Å². The van der Waals surface area contributed by atoms with Crippen LogP contribution < -0.4 is 5.32 Å². The Morgan fingerprint density at radius 1 is 0.794 bits per heavy atom. The molecule has 0 spiro atoms. The number of benzene rings is 3. The normalized spacial score (nSPS) is 13.4. The number of hydrogen-bond donors (Lipinski definition) is 1. The van der Waals surface area contributed by atoms with Crippen molar-refractivity contribution in [2.75, 3.05) is 13.7 Å². The number of methoxy groups -OCH3 is 1. The molecule has 34 heavy (non-hydrogen) atoms. The summed E-state index contributed by atoms with van der Waals surface area (Å²) in [6.07, 6.45) is 0. The summed E-state index contributed by atoms with van der Waals surface area (Å²) < 4.78 is 11.8. The van der Waals surface area contributed by atoms with Crippen LogP contribution in [0.15, 0.2) is 91.0 Å². The first-order chi connectivity index (χ1) is 16.1. The highest BCUT2D eigenvalue weighted by molar-refractivity contribution is 6.74. The van der Waals surface area contributed by atoms with Crippen LogP contribution in [0.25, 0.3) is 0 Å². The van der Waals surface area contributed by atoms with Crippen molar-refractivity contribution in [1.29, 1.82) is 0 Å². The maximum Gasteiger partial charge on any atom is 0.325 e. The number of nitrogens with one attached hydrogen (secondary N) is 1. The minimum atomic E-state index is -2.09. The van der Waals surface area contributed by atoms with Gasteiger partial charge in [0.25, 0.3) is 0 Å². The lowest BCUT2D eigenvalue weighted by Crippen LogP contribution is -2.56. The van der Waals surface area contributed by atoms with Gasteiger partial charge in [0.05, 0.1) is 19.3 Å². The molecule has 3 aromatic rings. The third kappa shape index (κ3) is 5.49. The average molecular weight is 476 g/mol. The average Bonchev–Trinajstić information content (AvgIpc) is 2.85. The van der Waals surface area contributed by atoms with E-state index in [1.54, 1.807) is 0 Å². The fourth-order valence-corrected chi connectivity index (χ4v) is 4.91. The van der Waals surface area contributed by atoms with Crippen LogP contribution in [0.5, 0.6) is 0 Å².